The zero-order chi connectivity index (χ0) is 28.5. The molecule has 1 aromatic carbocycles. The predicted octanol–water partition coefficient (Wildman–Crippen LogP) is 6.95. The Morgan fingerprint density at radius 2 is 1.39 bits per heavy atom. The molecule has 7 aliphatic rings. The van der Waals surface area contributed by atoms with Crippen molar-refractivity contribution in [2.75, 3.05) is 0 Å². The molecule has 7 nitrogen and oxygen atoms in total. The molecule has 0 atom stereocenters. The lowest BCUT2D eigenvalue weighted by atomic mass is 9.53. The number of hydrogen-bond acceptors (Lipinski definition) is 6. The summed E-state index contributed by atoms with van der Waals surface area (Å²) < 4.78 is 33.0. The zero-order valence-corrected chi connectivity index (χ0v) is 24.2. The molecule has 41 heavy (non-hydrogen) atoms. The van der Waals surface area contributed by atoms with Crippen LogP contribution in [0.4, 0.5) is 8.78 Å². The highest BCUT2D eigenvalue weighted by atomic mass is 19.3. The second-order valence-electron chi connectivity index (χ2n) is 14.3. The average molecular weight is 576 g/mol. The number of alkyl halides is 2. The Balaban J connectivity index is 0.903. The van der Waals surface area contributed by atoms with Crippen molar-refractivity contribution in [2.24, 2.45) is 23.7 Å². The highest BCUT2D eigenvalue weighted by molar-refractivity contribution is 5.85. The average Bonchev–Trinajstić information content (AvgIpc) is 2.94. The molecule has 0 radical (unpaired) electrons. The number of amides is 1. The summed E-state index contributed by atoms with van der Waals surface area (Å²) in [5.41, 5.74) is 0.0796. The Kier molecular flexibility index (Phi) is 6.92. The van der Waals surface area contributed by atoms with Crippen LogP contribution in [0.25, 0.3) is 0 Å². The summed E-state index contributed by atoms with van der Waals surface area (Å²) in [6.45, 7) is 3.41. The first kappa shape index (κ1) is 28.0. The van der Waals surface area contributed by atoms with Gasteiger partial charge in [-0.2, -0.15) is 19.6 Å². The van der Waals surface area contributed by atoms with Gasteiger partial charge in [0.25, 0.3) is 5.91 Å². The molecule has 4 bridgehead atoms. The van der Waals surface area contributed by atoms with Crippen LogP contribution in [-0.4, -0.2) is 35.0 Å². The third-order valence-electron chi connectivity index (χ3n) is 11.0. The number of benzene rings is 1. The maximum atomic E-state index is 13.5. The molecular formula is C32H43F2NO6. The highest BCUT2D eigenvalue weighted by Gasteiger charge is 2.64. The lowest BCUT2D eigenvalue weighted by Gasteiger charge is -2.60. The Labute approximate surface area is 240 Å². The summed E-state index contributed by atoms with van der Waals surface area (Å²) in [5.74, 6) is -1.19. The highest BCUT2D eigenvalue weighted by Crippen LogP contribution is 2.62. The summed E-state index contributed by atoms with van der Waals surface area (Å²) in [6.07, 6.45) is 9.28. The lowest BCUT2D eigenvalue weighted by Crippen LogP contribution is -2.64. The first-order chi connectivity index (χ1) is 19.5. The van der Waals surface area contributed by atoms with Gasteiger partial charge in [0.05, 0.1) is 0 Å². The fourth-order valence-electron chi connectivity index (χ4n) is 8.67. The van der Waals surface area contributed by atoms with E-state index < -0.39 is 23.1 Å². The minimum atomic E-state index is -2.62. The van der Waals surface area contributed by atoms with Crippen LogP contribution >= 0.6 is 0 Å². The van der Waals surface area contributed by atoms with Gasteiger partial charge in [-0.05, 0) is 107 Å². The summed E-state index contributed by atoms with van der Waals surface area (Å²) in [7, 11) is 0. The standard InChI is InChI=1S/C32H43F2NO6/c1-29(2,28(36)35-26-9-11-30(33,34)12-10-26)37-27-5-3-22(4-6-27)23-7-13-31(14-8-23)38-40-32(41-39-31)24-16-20-15-21(18-24)19-25(32)17-20/h3-6,20-21,23-26H,7-19H2,1-2H3,(H,35,36). The van der Waals surface area contributed by atoms with Gasteiger partial charge in [0.15, 0.2) is 5.60 Å². The molecule has 1 saturated heterocycles. The van der Waals surface area contributed by atoms with E-state index in [1.54, 1.807) is 13.8 Å². The molecule has 1 heterocycles. The van der Waals surface area contributed by atoms with Gasteiger partial charge in [-0.1, -0.05) is 12.1 Å². The minimum absolute atomic E-state index is 0.191. The molecule has 6 saturated carbocycles. The van der Waals surface area contributed by atoms with Crippen molar-refractivity contribution < 1.29 is 37.9 Å². The summed E-state index contributed by atoms with van der Waals surface area (Å²) in [5, 5.41) is 2.90. The van der Waals surface area contributed by atoms with E-state index in [2.05, 4.69) is 5.32 Å². The molecule has 6 aliphatic carbocycles. The minimum Gasteiger partial charge on any atom is -0.478 e. The van der Waals surface area contributed by atoms with Crippen LogP contribution in [0.2, 0.25) is 0 Å². The molecule has 0 aromatic heterocycles. The second-order valence-corrected chi connectivity index (χ2v) is 14.3. The van der Waals surface area contributed by atoms with E-state index in [1.165, 1.54) is 12.0 Å². The van der Waals surface area contributed by atoms with E-state index in [-0.39, 0.29) is 37.6 Å². The number of nitrogens with one attached hydrogen (secondary N) is 1. The first-order valence-electron chi connectivity index (χ1n) is 15.7. The van der Waals surface area contributed by atoms with Gasteiger partial charge in [0.1, 0.15) is 5.75 Å². The summed E-state index contributed by atoms with van der Waals surface area (Å²) >= 11 is 0. The summed E-state index contributed by atoms with van der Waals surface area (Å²) in [6, 6.07) is 7.65. The van der Waals surface area contributed by atoms with Crippen molar-refractivity contribution in [3.05, 3.63) is 29.8 Å². The molecule has 9 heteroatoms. The molecule has 0 unspecified atom stereocenters. The van der Waals surface area contributed by atoms with E-state index in [1.807, 2.05) is 24.3 Å². The molecule has 1 N–H and O–H groups in total. The van der Waals surface area contributed by atoms with Crippen LogP contribution in [-0.2, 0) is 24.3 Å². The van der Waals surface area contributed by atoms with E-state index in [9.17, 15) is 13.6 Å². The van der Waals surface area contributed by atoms with Crippen LogP contribution in [0.5, 0.6) is 5.75 Å². The monoisotopic (exact) mass is 575 g/mol. The Hall–Kier alpha value is -1.81. The third kappa shape index (κ3) is 5.30. The smallest absolute Gasteiger partial charge is 0.263 e. The maximum Gasteiger partial charge on any atom is 0.263 e. The topological polar surface area (TPSA) is 75.2 Å². The quantitative estimate of drug-likeness (QED) is 0.383. The van der Waals surface area contributed by atoms with Crippen molar-refractivity contribution >= 4 is 5.91 Å². The second kappa shape index (κ2) is 10.1. The van der Waals surface area contributed by atoms with Crippen molar-refractivity contribution in [1.29, 1.82) is 0 Å². The van der Waals surface area contributed by atoms with Crippen molar-refractivity contribution in [3.63, 3.8) is 0 Å². The Morgan fingerprint density at radius 1 is 0.829 bits per heavy atom. The zero-order valence-electron chi connectivity index (χ0n) is 24.2. The van der Waals surface area contributed by atoms with Crippen LogP contribution in [0.3, 0.4) is 0 Å². The van der Waals surface area contributed by atoms with Crippen LogP contribution < -0.4 is 10.1 Å². The fraction of sp³-hybridized carbons (Fsp3) is 0.781. The van der Waals surface area contributed by atoms with Gasteiger partial charge < -0.3 is 10.1 Å². The van der Waals surface area contributed by atoms with E-state index in [4.69, 9.17) is 24.3 Å². The van der Waals surface area contributed by atoms with Gasteiger partial charge in [-0.3, -0.25) is 4.79 Å². The molecule has 1 amide bonds. The van der Waals surface area contributed by atoms with Crippen molar-refractivity contribution in [2.45, 2.75) is 132 Å². The van der Waals surface area contributed by atoms with E-state index in [0.717, 1.165) is 50.4 Å². The Bertz CT molecular complexity index is 1080. The predicted molar refractivity (Wildman–Crippen MR) is 145 cm³/mol. The number of hydrogen-bond donors (Lipinski definition) is 1. The van der Waals surface area contributed by atoms with Crippen LogP contribution in [0.15, 0.2) is 24.3 Å². The third-order valence-corrected chi connectivity index (χ3v) is 11.0. The van der Waals surface area contributed by atoms with Gasteiger partial charge in [0.2, 0.25) is 17.5 Å². The number of carbonyl (C=O) groups is 1. The maximum absolute atomic E-state index is 13.5. The van der Waals surface area contributed by atoms with E-state index >= 15 is 0 Å². The molecule has 1 aliphatic heterocycles. The molecule has 226 valence electrons. The van der Waals surface area contributed by atoms with Gasteiger partial charge in [0, 0.05) is 43.6 Å². The largest absolute Gasteiger partial charge is 0.478 e. The molecule has 8 rings (SSSR count). The first-order valence-corrected chi connectivity index (χ1v) is 15.7. The lowest BCUT2D eigenvalue weighted by molar-refractivity contribution is -0.680. The van der Waals surface area contributed by atoms with Gasteiger partial charge in [-0.15, -0.1) is 0 Å². The molecule has 2 spiro atoms. The fourth-order valence-corrected chi connectivity index (χ4v) is 8.67. The van der Waals surface area contributed by atoms with Crippen LogP contribution in [0.1, 0.15) is 109 Å². The normalized spacial score (nSPS) is 40.1. The number of rotatable bonds is 5. The van der Waals surface area contributed by atoms with Gasteiger partial charge in [-0.25, -0.2) is 8.78 Å². The number of ether oxygens (including phenoxy) is 1. The Morgan fingerprint density at radius 3 is 1.95 bits per heavy atom. The number of halogens is 2. The van der Waals surface area contributed by atoms with Crippen LogP contribution in [0, 0.1) is 23.7 Å². The van der Waals surface area contributed by atoms with E-state index in [0.29, 0.717) is 36.3 Å². The van der Waals surface area contributed by atoms with Crippen molar-refractivity contribution in [1.82, 2.24) is 5.32 Å². The summed E-state index contributed by atoms with van der Waals surface area (Å²) in [4.78, 5) is 37.4. The molecular weight excluding hydrogens is 532 g/mol. The molecule has 7 fully saturated rings. The number of carbonyl (C=O) groups excluding carboxylic acids is 1. The van der Waals surface area contributed by atoms with Crippen molar-refractivity contribution in [3.8, 4) is 5.75 Å². The molecule has 1 aromatic rings. The SMILES string of the molecule is CC(C)(Oc1ccc(C2CCC3(CC2)OOC2(OO3)C3CC4CC(C3)CC2C4)cc1)C(=O)NC1CCC(F)(F)CC1. The van der Waals surface area contributed by atoms with Gasteiger partial charge >= 0.3 is 0 Å².